The lowest BCUT2D eigenvalue weighted by atomic mass is 9.39. The Bertz CT molecular complexity index is 581. The van der Waals surface area contributed by atoms with Crippen LogP contribution in [0.2, 0.25) is 0 Å². The van der Waals surface area contributed by atoms with E-state index in [1.807, 2.05) is 20.8 Å². The first kappa shape index (κ1) is 20.1. The van der Waals surface area contributed by atoms with Gasteiger partial charge in [0.05, 0.1) is 0 Å². The Labute approximate surface area is 160 Å². The van der Waals surface area contributed by atoms with Gasteiger partial charge in [-0.1, -0.05) is 34.6 Å². The summed E-state index contributed by atoms with van der Waals surface area (Å²) in [5.41, 5.74) is 0.962. The molecule has 4 rings (SSSR count). The third-order valence-electron chi connectivity index (χ3n) is 9.57. The standard InChI is InChI=1S/C22H34O2.C2H6/c1-14(23)17-5-6-18-21(17,3)12-9-19-20(2)11-8-16(24)13-15(20)7-10-22(18,19)4;1-2/h15,17-19H,5-13H2,1-4H3;1-2H3. The van der Waals surface area contributed by atoms with Gasteiger partial charge in [-0.05, 0) is 85.9 Å². The predicted molar refractivity (Wildman–Crippen MR) is 107 cm³/mol. The second-order valence-electron chi connectivity index (χ2n) is 10.4. The molecule has 0 saturated heterocycles. The zero-order valence-corrected chi connectivity index (χ0v) is 18.0. The van der Waals surface area contributed by atoms with Crippen LogP contribution in [0.5, 0.6) is 0 Å². The summed E-state index contributed by atoms with van der Waals surface area (Å²) in [5.74, 6) is 3.28. The number of ketones is 2. The first-order valence-electron chi connectivity index (χ1n) is 11.2. The van der Waals surface area contributed by atoms with E-state index in [1.165, 1.54) is 32.1 Å². The number of hydrogen-bond donors (Lipinski definition) is 0. The van der Waals surface area contributed by atoms with Crippen LogP contribution in [0, 0.1) is 39.9 Å². The van der Waals surface area contributed by atoms with Gasteiger partial charge in [0, 0.05) is 18.8 Å². The fourth-order valence-electron chi connectivity index (χ4n) is 8.39. The Morgan fingerprint density at radius 2 is 1.46 bits per heavy atom. The van der Waals surface area contributed by atoms with E-state index in [0.717, 1.165) is 31.6 Å². The van der Waals surface area contributed by atoms with Crippen LogP contribution in [0.25, 0.3) is 0 Å². The van der Waals surface area contributed by atoms with Gasteiger partial charge in [-0.15, -0.1) is 0 Å². The fraction of sp³-hybridized carbons (Fsp3) is 0.917. The van der Waals surface area contributed by atoms with Crippen LogP contribution in [0.3, 0.4) is 0 Å². The van der Waals surface area contributed by atoms with Gasteiger partial charge in [0.15, 0.2) is 0 Å². The van der Waals surface area contributed by atoms with Gasteiger partial charge in [0.25, 0.3) is 0 Å². The van der Waals surface area contributed by atoms with Crippen LogP contribution < -0.4 is 0 Å². The summed E-state index contributed by atoms with van der Waals surface area (Å²) in [7, 11) is 0. The smallest absolute Gasteiger partial charge is 0.133 e. The molecular formula is C24H40O2. The number of carbonyl (C=O) groups excluding carboxylic acids is 2. The average molecular weight is 361 g/mol. The van der Waals surface area contributed by atoms with Gasteiger partial charge in [0.2, 0.25) is 0 Å². The first-order valence-corrected chi connectivity index (χ1v) is 11.2. The molecule has 2 heteroatoms. The lowest BCUT2D eigenvalue weighted by Gasteiger charge is -2.65. The molecule has 0 aromatic heterocycles. The van der Waals surface area contributed by atoms with Gasteiger partial charge >= 0.3 is 0 Å². The van der Waals surface area contributed by atoms with Gasteiger partial charge in [-0.3, -0.25) is 9.59 Å². The van der Waals surface area contributed by atoms with Crippen molar-refractivity contribution < 1.29 is 9.59 Å². The van der Waals surface area contributed by atoms with E-state index in [0.29, 0.717) is 40.2 Å². The lowest BCUT2D eigenvalue weighted by Crippen LogP contribution is -2.58. The highest BCUT2D eigenvalue weighted by Crippen LogP contribution is 2.72. The molecule has 0 amide bonds. The third-order valence-corrected chi connectivity index (χ3v) is 9.57. The summed E-state index contributed by atoms with van der Waals surface area (Å²) in [5, 5.41) is 0. The maximum atomic E-state index is 12.3. The number of fused-ring (bicyclic) bond motifs is 5. The molecular weight excluding hydrogens is 320 g/mol. The average Bonchev–Trinajstić information content (AvgIpc) is 2.96. The molecule has 0 spiro atoms. The molecule has 4 aliphatic carbocycles. The Morgan fingerprint density at radius 3 is 2.12 bits per heavy atom. The maximum Gasteiger partial charge on any atom is 0.133 e. The molecule has 0 aliphatic heterocycles. The molecule has 2 nitrogen and oxygen atoms in total. The van der Waals surface area contributed by atoms with E-state index >= 15 is 0 Å². The highest BCUT2D eigenvalue weighted by molar-refractivity contribution is 5.80. The summed E-state index contributed by atoms with van der Waals surface area (Å²) in [4.78, 5) is 24.3. The van der Waals surface area contributed by atoms with Crippen molar-refractivity contribution in [3.05, 3.63) is 0 Å². The van der Waals surface area contributed by atoms with Gasteiger partial charge in [-0.2, -0.15) is 0 Å². The van der Waals surface area contributed by atoms with E-state index in [9.17, 15) is 9.59 Å². The van der Waals surface area contributed by atoms with Crippen LogP contribution in [-0.2, 0) is 9.59 Å². The summed E-state index contributed by atoms with van der Waals surface area (Å²) < 4.78 is 0. The molecule has 7 atom stereocenters. The highest BCUT2D eigenvalue weighted by atomic mass is 16.1. The highest BCUT2D eigenvalue weighted by Gasteiger charge is 2.65. The third kappa shape index (κ3) is 2.65. The molecule has 0 N–H and O–H groups in total. The molecule has 26 heavy (non-hydrogen) atoms. The zero-order chi connectivity index (χ0) is 19.3. The Hall–Kier alpha value is -0.660. The number of Topliss-reactive ketones (excluding diaryl/α,β-unsaturated/α-hetero) is 2. The number of carbonyl (C=O) groups is 2. The van der Waals surface area contributed by atoms with Gasteiger partial charge < -0.3 is 0 Å². The van der Waals surface area contributed by atoms with Crippen molar-refractivity contribution in [2.75, 3.05) is 0 Å². The SMILES string of the molecule is CC.CC(=O)C1CCC2C1(C)CCC1C3(C)CCC(=O)CC3CCC12C. The first-order chi connectivity index (χ1) is 12.2. The van der Waals surface area contributed by atoms with E-state index in [4.69, 9.17) is 0 Å². The van der Waals surface area contributed by atoms with Crippen molar-refractivity contribution in [2.24, 2.45) is 39.9 Å². The van der Waals surface area contributed by atoms with Crippen molar-refractivity contribution in [1.82, 2.24) is 0 Å². The molecule has 4 saturated carbocycles. The topological polar surface area (TPSA) is 34.1 Å². The molecule has 0 aromatic rings. The molecule has 0 heterocycles. The molecule has 7 unspecified atom stereocenters. The van der Waals surface area contributed by atoms with Crippen LogP contribution >= 0.6 is 0 Å². The quantitative estimate of drug-likeness (QED) is 0.556. The second kappa shape index (κ2) is 6.74. The minimum Gasteiger partial charge on any atom is -0.300 e. The molecule has 0 radical (unpaired) electrons. The maximum absolute atomic E-state index is 12.3. The molecule has 4 fully saturated rings. The predicted octanol–water partition coefficient (Wildman–Crippen LogP) is 6.22. The van der Waals surface area contributed by atoms with Crippen LogP contribution in [0.15, 0.2) is 0 Å². The minimum absolute atomic E-state index is 0.227. The van der Waals surface area contributed by atoms with Gasteiger partial charge in [-0.25, -0.2) is 0 Å². The van der Waals surface area contributed by atoms with Crippen LogP contribution in [0.1, 0.15) is 99.3 Å². The second-order valence-corrected chi connectivity index (χ2v) is 10.4. The van der Waals surface area contributed by atoms with Gasteiger partial charge in [0.1, 0.15) is 11.6 Å². The summed E-state index contributed by atoms with van der Waals surface area (Å²) >= 11 is 0. The van der Waals surface area contributed by atoms with Crippen LogP contribution in [0.4, 0.5) is 0 Å². The van der Waals surface area contributed by atoms with E-state index in [-0.39, 0.29) is 5.41 Å². The van der Waals surface area contributed by atoms with Crippen molar-refractivity contribution in [2.45, 2.75) is 99.3 Å². The monoisotopic (exact) mass is 360 g/mol. The molecule has 0 bridgehead atoms. The number of rotatable bonds is 1. The van der Waals surface area contributed by atoms with E-state index in [1.54, 1.807) is 0 Å². The fourth-order valence-corrected chi connectivity index (χ4v) is 8.39. The van der Waals surface area contributed by atoms with Crippen molar-refractivity contribution >= 4 is 11.6 Å². The van der Waals surface area contributed by atoms with Crippen molar-refractivity contribution in [3.63, 3.8) is 0 Å². The normalized spacial score (nSPS) is 50.0. The van der Waals surface area contributed by atoms with Crippen molar-refractivity contribution in [1.29, 1.82) is 0 Å². The summed E-state index contributed by atoms with van der Waals surface area (Å²) in [6.07, 6.45) is 10.1. The molecule has 0 aromatic carbocycles. The molecule has 4 aliphatic rings. The Kier molecular flexibility index (Phi) is 5.21. The Morgan fingerprint density at radius 1 is 0.846 bits per heavy atom. The molecule has 148 valence electrons. The zero-order valence-electron chi connectivity index (χ0n) is 18.0. The van der Waals surface area contributed by atoms with E-state index in [2.05, 4.69) is 20.8 Å². The van der Waals surface area contributed by atoms with Crippen LogP contribution in [-0.4, -0.2) is 11.6 Å². The summed E-state index contributed by atoms with van der Waals surface area (Å²) in [6, 6.07) is 0. The summed E-state index contributed by atoms with van der Waals surface area (Å²) in [6.45, 7) is 13.3. The largest absolute Gasteiger partial charge is 0.300 e. The lowest BCUT2D eigenvalue weighted by molar-refractivity contribution is -0.170. The minimum atomic E-state index is 0.227. The number of hydrogen-bond acceptors (Lipinski definition) is 2. The van der Waals surface area contributed by atoms with Crippen molar-refractivity contribution in [3.8, 4) is 0 Å². The van der Waals surface area contributed by atoms with E-state index < -0.39 is 0 Å². The Balaban J connectivity index is 0.000000948.